The van der Waals surface area contributed by atoms with E-state index >= 15 is 0 Å². The molecule has 0 saturated heterocycles. The van der Waals surface area contributed by atoms with Gasteiger partial charge in [-0.15, -0.1) is 0 Å². The molecule has 0 spiro atoms. The molecule has 0 amide bonds. The van der Waals surface area contributed by atoms with Crippen LogP contribution in [-0.2, 0) is 0 Å². The van der Waals surface area contributed by atoms with Crippen LogP contribution in [0.2, 0.25) is 0 Å². The Labute approximate surface area is 101 Å². The molecular weight excluding hydrogens is 229 g/mol. The van der Waals surface area contributed by atoms with Crippen molar-refractivity contribution in [2.24, 2.45) is 5.73 Å². The molecule has 2 nitrogen and oxygen atoms in total. The Morgan fingerprint density at radius 3 is 2.24 bits per heavy atom. The topological polar surface area (TPSA) is 29.3 Å². The van der Waals surface area contributed by atoms with Gasteiger partial charge in [0.2, 0.25) is 0 Å². The molecule has 2 N–H and O–H groups in total. The lowest BCUT2D eigenvalue weighted by Gasteiger charge is -2.44. The highest BCUT2D eigenvalue weighted by molar-refractivity contribution is 4.92. The first kappa shape index (κ1) is 14.8. The normalized spacial score (nSPS) is 20.8. The molecular formula is C12H23F3N2. The van der Waals surface area contributed by atoms with Gasteiger partial charge in [0.25, 0.3) is 0 Å². The van der Waals surface area contributed by atoms with Gasteiger partial charge in [-0.3, -0.25) is 4.90 Å². The van der Waals surface area contributed by atoms with Crippen molar-refractivity contribution in [1.29, 1.82) is 0 Å². The van der Waals surface area contributed by atoms with E-state index in [2.05, 4.69) is 4.90 Å². The van der Waals surface area contributed by atoms with Crippen LogP contribution in [0.25, 0.3) is 0 Å². The molecule has 17 heavy (non-hydrogen) atoms. The van der Waals surface area contributed by atoms with E-state index in [1.54, 1.807) is 0 Å². The van der Waals surface area contributed by atoms with Gasteiger partial charge in [-0.05, 0) is 32.9 Å². The monoisotopic (exact) mass is 252 g/mol. The second-order valence-electron chi connectivity index (χ2n) is 5.13. The Kier molecular flexibility index (Phi) is 5.25. The van der Waals surface area contributed by atoms with Crippen molar-refractivity contribution >= 4 is 0 Å². The quantitative estimate of drug-likeness (QED) is 0.815. The molecule has 0 unspecified atom stereocenters. The van der Waals surface area contributed by atoms with Gasteiger partial charge in [-0.25, -0.2) is 0 Å². The second kappa shape index (κ2) is 6.05. The molecule has 1 aliphatic carbocycles. The minimum Gasteiger partial charge on any atom is -0.329 e. The van der Waals surface area contributed by atoms with E-state index in [-0.39, 0.29) is 12.0 Å². The lowest BCUT2D eigenvalue weighted by molar-refractivity contribution is -0.136. The summed E-state index contributed by atoms with van der Waals surface area (Å²) in [7, 11) is 1.91. The minimum atomic E-state index is -4.04. The molecule has 5 heteroatoms. The Bertz CT molecular complexity index is 222. The third-order valence-electron chi connectivity index (χ3n) is 3.93. The Morgan fingerprint density at radius 1 is 1.18 bits per heavy atom. The molecule has 0 heterocycles. The molecule has 0 aromatic carbocycles. The van der Waals surface area contributed by atoms with Crippen molar-refractivity contribution in [2.45, 2.75) is 56.7 Å². The number of halogens is 3. The maximum absolute atomic E-state index is 12.1. The van der Waals surface area contributed by atoms with Gasteiger partial charge in [-0.2, -0.15) is 13.2 Å². The van der Waals surface area contributed by atoms with E-state index in [1.807, 2.05) is 7.05 Å². The van der Waals surface area contributed by atoms with Gasteiger partial charge in [0.15, 0.2) is 0 Å². The van der Waals surface area contributed by atoms with Gasteiger partial charge in [-0.1, -0.05) is 19.3 Å². The van der Waals surface area contributed by atoms with E-state index < -0.39 is 12.6 Å². The van der Waals surface area contributed by atoms with E-state index in [0.29, 0.717) is 13.1 Å². The molecule has 0 atom stereocenters. The minimum absolute atomic E-state index is 0.0517. The van der Waals surface area contributed by atoms with Crippen LogP contribution in [0.15, 0.2) is 0 Å². The van der Waals surface area contributed by atoms with Crippen molar-refractivity contribution in [2.75, 3.05) is 20.1 Å². The van der Waals surface area contributed by atoms with E-state index in [1.165, 1.54) is 6.42 Å². The molecule has 0 aromatic rings. The Balaban J connectivity index is 2.41. The summed E-state index contributed by atoms with van der Waals surface area (Å²) in [5.41, 5.74) is 5.78. The number of nitrogens with zero attached hydrogens (tertiary/aromatic N) is 1. The smallest absolute Gasteiger partial charge is 0.329 e. The molecule has 0 aromatic heterocycles. The van der Waals surface area contributed by atoms with Crippen molar-refractivity contribution in [3.05, 3.63) is 0 Å². The maximum Gasteiger partial charge on any atom is 0.389 e. The number of alkyl halides is 3. The van der Waals surface area contributed by atoms with Gasteiger partial charge in [0.05, 0.1) is 0 Å². The average Bonchev–Trinajstić information content (AvgIpc) is 2.28. The fraction of sp³-hybridized carbons (Fsp3) is 1.00. The van der Waals surface area contributed by atoms with Crippen molar-refractivity contribution < 1.29 is 13.2 Å². The van der Waals surface area contributed by atoms with Crippen LogP contribution < -0.4 is 5.73 Å². The van der Waals surface area contributed by atoms with Crippen LogP contribution >= 0.6 is 0 Å². The molecule has 1 saturated carbocycles. The summed E-state index contributed by atoms with van der Waals surface area (Å²) in [6, 6.07) is 0. The van der Waals surface area contributed by atoms with E-state index in [0.717, 1.165) is 25.7 Å². The largest absolute Gasteiger partial charge is 0.389 e. The zero-order valence-electron chi connectivity index (χ0n) is 10.5. The summed E-state index contributed by atoms with van der Waals surface area (Å²) in [6.45, 7) is 1.03. The first-order chi connectivity index (χ1) is 7.90. The lowest BCUT2D eigenvalue weighted by Crippen LogP contribution is -2.53. The third-order valence-corrected chi connectivity index (χ3v) is 3.93. The molecule has 1 rings (SSSR count). The molecule has 102 valence electrons. The third kappa shape index (κ3) is 4.47. The van der Waals surface area contributed by atoms with Crippen LogP contribution in [0.3, 0.4) is 0 Å². The van der Waals surface area contributed by atoms with Crippen LogP contribution in [0.4, 0.5) is 13.2 Å². The van der Waals surface area contributed by atoms with Crippen LogP contribution in [-0.4, -0.2) is 36.8 Å². The highest BCUT2D eigenvalue weighted by Crippen LogP contribution is 2.32. The Hall–Kier alpha value is -0.290. The summed E-state index contributed by atoms with van der Waals surface area (Å²) in [6.07, 6.45) is 0.973. The fourth-order valence-corrected chi connectivity index (χ4v) is 2.71. The summed E-state index contributed by atoms with van der Waals surface area (Å²) in [5, 5.41) is 0. The van der Waals surface area contributed by atoms with Crippen molar-refractivity contribution in [3.63, 3.8) is 0 Å². The SMILES string of the molecule is CN(CCCC(F)(F)F)C1(CN)CCCCC1. The van der Waals surface area contributed by atoms with E-state index in [9.17, 15) is 13.2 Å². The second-order valence-corrected chi connectivity index (χ2v) is 5.13. The highest BCUT2D eigenvalue weighted by atomic mass is 19.4. The maximum atomic E-state index is 12.1. The Morgan fingerprint density at radius 2 is 1.76 bits per heavy atom. The predicted octanol–water partition coefficient (Wildman–Crippen LogP) is 2.92. The zero-order valence-corrected chi connectivity index (χ0v) is 10.5. The summed E-state index contributed by atoms with van der Waals surface area (Å²) in [4.78, 5) is 2.05. The predicted molar refractivity (Wildman–Crippen MR) is 62.8 cm³/mol. The summed E-state index contributed by atoms with van der Waals surface area (Å²) in [5.74, 6) is 0. The van der Waals surface area contributed by atoms with Crippen LogP contribution in [0, 0.1) is 0 Å². The number of hydrogen-bond donors (Lipinski definition) is 1. The first-order valence-electron chi connectivity index (χ1n) is 6.38. The highest BCUT2D eigenvalue weighted by Gasteiger charge is 2.35. The van der Waals surface area contributed by atoms with Gasteiger partial charge in [0, 0.05) is 18.5 Å². The standard InChI is InChI=1S/C12H23F3N2/c1-17(9-5-8-12(13,14)15)11(10-16)6-3-2-4-7-11/h2-10,16H2,1H3. The number of likely N-dealkylation sites (N-methyl/N-ethyl adjacent to an activating group) is 1. The summed E-state index contributed by atoms with van der Waals surface area (Å²) < 4.78 is 36.2. The number of nitrogens with two attached hydrogens (primary N) is 1. The van der Waals surface area contributed by atoms with Gasteiger partial charge < -0.3 is 5.73 Å². The lowest BCUT2D eigenvalue weighted by atomic mass is 9.80. The molecule has 0 bridgehead atoms. The van der Waals surface area contributed by atoms with Gasteiger partial charge >= 0.3 is 6.18 Å². The van der Waals surface area contributed by atoms with E-state index in [4.69, 9.17) is 5.73 Å². The average molecular weight is 252 g/mol. The zero-order chi connectivity index (χ0) is 12.9. The molecule has 1 aliphatic rings. The number of rotatable bonds is 5. The number of hydrogen-bond acceptors (Lipinski definition) is 2. The van der Waals surface area contributed by atoms with Gasteiger partial charge in [0.1, 0.15) is 0 Å². The van der Waals surface area contributed by atoms with Crippen LogP contribution in [0.5, 0.6) is 0 Å². The summed E-state index contributed by atoms with van der Waals surface area (Å²) >= 11 is 0. The fourth-order valence-electron chi connectivity index (χ4n) is 2.71. The molecule has 0 aliphatic heterocycles. The van der Waals surface area contributed by atoms with Crippen molar-refractivity contribution in [1.82, 2.24) is 4.90 Å². The molecule has 0 radical (unpaired) electrons. The van der Waals surface area contributed by atoms with Crippen molar-refractivity contribution in [3.8, 4) is 0 Å². The van der Waals surface area contributed by atoms with Crippen LogP contribution in [0.1, 0.15) is 44.9 Å². The molecule has 1 fully saturated rings. The first-order valence-corrected chi connectivity index (χ1v) is 6.38.